The van der Waals surface area contributed by atoms with Gasteiger partial charge in [-0.2, -0.15) is 0 Å². The molecule has 1 atom stereocenters. The van der Waals surface area contributed by atoms with Gasteiger partial charge in [0.25, 0.3) is 0 Å². The van der Waals surface area contributed by atoms with Gasteiger partial charge in [-0.15, -0.1) is 0 Å². The number of aromatic amines is 1. The third kappa shape index (κ3) is 4.23. The molecule has 4 nitrogen and oxygen atoms in total. The minimum atomic E-state index is -0.239. The van der Waals surface area contributed by atoms with E-state index in [1.54, 1.807) is 18.2 Å². The Hall–Kier alpha value is -2.82. The summed E-state index contributed by atoms with van der Waals surface area (Å²) in [5, 5.41) is 6.94. The van der Waals surface area contributed by atoms with Gasteiger partial charge in [0.05, 0.1) is 0 Å². The largest absolute Gasteiger partial charge is 0.358 e. The van der Waals surface area contributed by atoms with Gasteiger partial charge in [-0.1, -0.05) is 36.4 Å². The van der Waals surface area contributed by atoms with Gasteiger partial charge in [-0.05, 0) is 49.9 Å². The Kier molecular flexibility index (Phi) is 5.56. The number of hydrogen-bond acceptors (Lipinski definition) is 1. The highest BCUT2D eigenvalue weighted by atomic mass is 19.1. The van der Waals surface area contributed by atoms with E-state index < -0.39 is 0 Å². The molecule has 0 saturated heterocycles. The maximum Gasteiger partial charge on any atom is 0.315 e. The van der Waals surface area contributed by atoms with Crippen molar-refractivity contribution in [3.63, 3.8) is 0 Å². The van der Waals surface area contributed by atoms with Crippen molar-refractivity contribution in [2.45, 2.75) is 32.7 Å². The third-order valence-electron chi connectivity index (χ3n) is 4.55. The van der Waals surface area contributed by atoms with Crippen molar-refractivity contribution in [1.82, 2.24) is 15.6 Å². The smallest absolute Gasteiger partial charge is 0.315 e. The molecule has 5 heteroatoms. The lowest BCUT2D eigenvalue weighted by molar-refractivity contribution is 0.238. The molecule has 0 bridgehead atoms. The number of carbonyl (C=O) groups is 1. The molecule has 0 saturated carbocycles. The van der Waals surface area contributed by atoms with Crippen LogP contribution >= 0.6 is 0 Å². The predicted octanol–water partition coefficient (Wildman–Crippen LogP) is 4.09. The lowest BCUT2D eigenvalue weighted by Crippen LogP contribution is -2.42. The predicted molar refractivity (Wildman–Crippen MR) is 103 cm³/mol. The van der Waals surface area contributed by atoms with Crippen LogP contribution in [0.2, 0.25) is 0 Å². The summed E-state index contributed by atoms with van der Waals surface area (Å²) in [5.74, 6) is -0.239. The van der Waals surface area contributed by atoms with E-state index in [9.17, 15) is 9.18 Å². The maximum atomic E-state index is 13.7. The first-order valence-corrected chi connectivity index (χ1v) is 8.88. The molecular formula is C21H24FN3O. The Morgan fingerprint density at radius 2 is 1.88 bits per heavy atom. The number of fused-ring (bicyclic) bond motifs is 1. The van der Waals surface area contributed by atoms with Gasteiger partial charge >= 0.3 is 6.03 Å². The molecule has 0 spiro atoms. The zero-order chi connectivity index (χ0) is 18.5. The van der Waals surface area contributed by atoms with E-state index in [4.69, 9.17) is 0 Å². The summed E-state index contributed by atoms with van der Waals surface area (Å²) in [4.78, 5) is 15.4. The molecule has 3 rings (SSSR count). The molecule has 0 aliphatic heterocycles. The quantitative estimate of drug-likeness (QED) is 0.614. The van der Waals surface area contributed by atoms with Gasteiger partial charge < -0.3 is 15.6 Å². The summed E-state index contributed by atoms with van der Waals surface area (Å²) in [6.45, 7) is 4.46. The van der Waals surface area contributed by atoms with Crippen LogP contribution in [0.15, 0.2) is 48.5 Å². The van der Waals surface area contributed by atoms with Crippen LogP contribution in [0, 0.1) is 12.7 Å². The molecule has 1 aromatic heterocycles. The Morgan fingerprint density at radius 3 is 2.69 bits per heavy atom. The first kappa shape index (κ1) is 18.0. The number of nitrogens with one attached hydrogen (secondary N) is 3. The second-order valence-corrected chi connectivity index (χ2v) is 6.62. The topological polar surface area (TPSA) is 56.9 Å². The van der Waals surface area contributed by atoms with Crippen LogP contribution in [0.5, 0.6) is 0 Å². The van der Waals surface area contributed by atoms with Crippen molar-refractivity contribution in [1.29, 1.82) is 0 Å². The molecule has 0 aliphatic carbocycles. The van der Waals surface area contributed by atoms with Gasteiger partial charge in [-0.3, -0.25) is 0 Å². The highest BCUT2D eigenvalue weighted by Gasteiger charge is 2.11. The van der Waals surface area contributed by atoms with Crippen LogP contribution in [0.1, 0.15) is 23.7 Å². The number of aromatic nitrogens is 1. The number of urea groups is 1. The van der Waals surface area contributed by atoms with Crippen molar-refractivity contribution < 1.29 is 9.18 Å². The Labute approximate surface area is 152 Å². The monoisotopic (exact) mass is 353 g/mol. The summed E-state index contributed by atoms with van der Waals surface area (Å²) >= 11 is 0. The Bertz CT molecular complexity index is 903. The van der Waals surface area contributed by atoms with Crippen LogP contribution in [-0.2, 0) is 12.8 Å². The van der Waals surface area contributed by atoms with Crippen LogP contribution < -0.4 is 10.6 Å². The van der Waals surface area contributed by atoms with E-state index in [0.29, 0.717) is 18.5 Å². The van der Waals surface area contributed by atoms with E-state index in [1.165, 1.54) is 17.0 Å². The second-order valence-electron chi connectivity index (χ2n) is 6.62. The number of para-hydroxylation sites is 1. The van der Waals surface area contributed by atoms with Crippen LogP contribution in [0.25, 0.3) is 10.9 Å². The molecule has 2 aromatic carbocycles. The zero-order valence-corrected chi connectivity index (χ0v) is 15.1. The summed E-state index contributed by atoms with van der Waals surface area (Å²) in [7, 11) is 0. The number of rotatable bonds is 6. The van der Waals surface area contributed by atoms with Gasteiger partial charge in [0.1, 0.15) is 5.82 Å². The first-order chi connectivity index (χ1) is 12.5. The Morgan fingerprint density at radius 1 is 1.15 bits per heavy atom. The van der Waals surface area contributed by atoms with Crippen molar-refractivity contribution in [3.8, 4) is 0 Å². The van der Waals surface area contributed by atoms with E-state index in [2.05, 4.69) is 27.8 Å². The van der Waals surface area contributed by atoms with Crippen molar-refractivity contribution in [3.05, 3.63) is 71.2 Å². The van der Waals surface area contributed by atoms with Gasteiger partial charge in [0.15, 0.2) is 0 Å². The normalized spacial score (nSPS) is 12.1. The molecule has 1 unspecified atom stereocenters. The van der Waals surface area contributed by atoms with Crippen LogP contribution in [-0.4, -0.2) is 23.6 Å². The Balaban J connectivity index is 1.49. The third-order valence-corrected chi connectivity index (χ3v) is 4.55. The fraction of sp³-hybridized carbons (Fsp3) is 0.286. The molecule has 0 aliphatic rings. The van der Waals surface area contributed by atoms with E-state index >= 15 is 0 Å². The summed E-state index contributed by atoms with van der Waals surface area (Å²) < 4.78 is 13.7. The summed E-state index contributed by atoms with van der Waals surface area (Å²) in [6, 6.07) is 14.4. The van der Waals surface area contributed by atoms with Crippen molar-refractivity contribution >= 4 is 16.9 Å². The van der Waals surface area contributed by atoms with Gasteiger partial charge in [0.2, 0.25) is 0 Å². The van der Waals surface area contributed by atoms with Crippen molar-refractivity contribution in [2.24, 2.45) is 0 Å². The molecule has 1 heterocycles. The number of H-pyrrole nitrogens is 1. The highest BCUT2D eigenvalue weighted by Crippen LogP contribution is 2.21. The van der Waals surface area contributed by atoms with Crippen molar-refractivity contribution in [2.75, 3.05) is 6.54 Å². The van der Waals surface area contributed by atoms with E-state index in [-0.39, 0.29) is 17.9 Å². The molecule has 0 fully saturated rings. The first-order valence-electron chi connectivity index (χ1n) is 8.88. The lowest BCUT2D eigenvalue weighted by atomic mass is 10.1. The number of hydrogen-bond donors (Lipinski definition) is 3. The van der Waals surface area contributed by atoms with Gasteiger partial charge in [0, 0.05) is 29.2 Å². The molecule has 2 amide bonds. The molecule has 3 aromatic rings. The zero-order valence-electron chi connectivity index (χ0n) is 15.1. The van der Waals surface area contributed by atoms with Crippen LogP contribution in [0.3, 0.4) is 0 Å². The maximum absolute atomic E-state index is 13.7. The summed E-state index contributed by atoms with van der Waals surface area (Å²) in [6.07, 6.45) is 1.21. The number of aryl methyl sites for hydroxylation is 1. The molecule has 0 radical (unpaired) electrons. The molecular weight excluding hydrogens is 329 g/mol. The average Bonchev–Trinajstić information content (AvgIpc) is 2.92. The number of carbonyl (C=O) groups excluding carboxylic acids is 1. The summed E-state index contributed by atoms with van der Waals surface area (Å²) in [5.41, 5.74) is 4.07. The van der Waals surface area contributed by atoms with E-state index in [0.717, 1.165) is 17.6 Å². The lowest BCUT2D eigenvalue weighted by Gasteiger charge is -2.15. The minimum absolute atomic E-state index is 0.151. The number of halogens is 1. The van der Waals surface area contributed by atoms with Gasteiger partial charge in [-0.25, -0.2) is 9.18 Å². The number of amides is 2. The fourth-order valence-electron chi connectivity index (χ4n) is 3.28. The second kappa shape index (κ2) is 8.04. The standard InChI is InChI=1S/C21H24FN3O/c1-14(13-16-7-3-5-9-19(16)22)24-21(26)23-12-11-17-15(2)25-20-10-6-4-8-18(17)20/h3-10,14,25H,11-13H2,1-2H3,(H2,23,24,26). The average molecular weight is 353 g/mol. The van der Waals surface area contributed by atoms with Crippen LogP contribution in [0.4, 0.5) is 9.18 Å². The molecule has 26 heavy (non-hydrogen) atoms. The fourth-order valence-corrected chi connectivity index (χ4v) is 3.28. The SMILES string of the molecule is Cc1[nH]c2ccccc2c1CCNC(=O)NC(C)Cc1ccccc1F. The van der Waals surface area contributed by atoms with E-state index in [1.807, 2.05) is 26.0 Å². The molecule has 136 valence electrons. The number of benzene rings is 2. The minimum Gasteiger partial charge on any atom is -0.358 e. The highest BCUT2D eigenvalue weighted by molar-refractivity contribution is 5.84. The molecule has 3 N–H and O–H groups in total.